The molecule has 0 aliphatic rings. The molecule has 0 rings (SSSR count). The van der Waals surface area contributed by atoms with E-state index in [2.05, 4.69) is 25.7 Å². The number of amides is 1. The van der Waals surface area contributed by atoms with E-state index in [0.29, 0.717) is 13.0 Å². The predicted octanol–water partition coefficient (Wildman–Crippen LogP) is 2.90. The van der Waals surface area contributed by atoms with E-state index >= 15 is 0 Å². The lowest BCUT2D eigenvalue weighted by Crippen LogP contribution is -2.24. The number of hydrogen-bond donors (Lipinski definition) is 1. The van der Waals surface area contributed by atoms with Crippen molar-refractivity contribution in [3.05, 3.63) is 12.2 Å². The van der Waals surface area contributed by atoms with Crippen molar-refractivity contribution in [3.8, 4) is 0 Å². The summed E-state index contributed by atoms with van der Waals surface area (Å²) in [5.74, 6) is 0.116. The molecule has 0 spiro atoms. The van der Waals surface area contributed by atoms with E-state index in [1.165, 1.54) is 6.42 Å². The second-order valence-corrected chi connectivity index (χ2v) is 3.19. The van der Waals surface area contributed by atoms with Gasteiger partial charge in [-0.05, 0) is 13.3 Å². The van der Waals surface area contributed by atoms with Gasteiger partial charge in [0.25, 0.3) is 0 Å². The van der Waals surface area contributed by atoms with Crippen LogP contribution in [0, 0.1) is 0 Å². The van der Waals surface area contributed by atoms with Crippen molar-refractivity contribution < 1.29 is 4.79 Å². The predicted molar refractivity (Wildman–Crippen MR) is 58.7 cm³/mol. The van der Waals surface area contributed by atoms with Crippen LogP contribution in [0.4, 0.5) is 0 Å². The molecular formula is C11H23NO. The van der Waals surface area contributed by atoms with Gasteiger partial charge in [-0.2, -0.15) is 0 Å². The minimum absolute atomic E-state index is 0.116. The SMILES string of the molecule is C=C(C)CNC(=O)CCC.CCC. The lowest BCUT2D eigenvalue weighted by molar-refractivity contribution is -0.120. The fraction of sp³-hybridized carbons (Fsp3) is 0.727. The van der Waals surface area contributed by atoms with Crippen LogP contribution in [0.5, 0.6) is 0 Å². The van der Waals surface area contributed by atoms with Gasteiger partial charge in [0.1, 0.15) is 0 Å². The van der Waals surface area contributed by atoms with Gasteiger partial charge in [-0.25, -0.2) is 0 Å². The zero-order valence-electron chi connectivity index (χ0n) is 9.44. The number of hydrogen-bond acceptors (Lipinski definition) is 1. The minimum atomic E-state index is 0.116. The highest BCUT2D eigenvalue weighted by atomic mass is 16.1. The van der Waals surface area contributed by atoms with Crippen molar-refractivity contribution >= 4 is 5.91 Å². The molecule has 0 saturated heterocycles. The Morgan fingerprint density at radius 1 is 1.31 bits per heavy atom. The standard InChI is InChI=1S/C8H15NO.C3H8/c1-4-5-8(10)9-6-7(2)3;1-3-2/h2,4-6H2,1,3H3,(H,9,10);3H2,1-2H3. The van der Waals surface area contributed by atoms with Crippen LogP contribution in [0.3, 0.4) is 0 Å². The second-order valence-electron chi connectivity index (χ2n) is 3.19. The number of carbonyl (C=O) groups excluding carboxylic acids is 1. The Balaban J connectivity index is 0. The summed E-state index contributed by atoms with van der Waals surface area (Å²) in [6.07, 6.45) is 2.77. The molecule has 0 saturated carbocycles. The Morgan fingerprint density at radius 2 is 1.77 bits per heavy atom. The van der Waals surface area contributed by atoms with Gasteiger partial charge in [0.05, 0.1) is 0 Å². The zero-order chi connectivity index (χ0) is 10.7. The maximum absolute atomic E-state index is 10.8. The maximum Gasteiger partial charge on any atom is 0.220 e. The molecule has 13 heavy (non-hydrogen) atoms. The molecule has 0 aromatic carbocycles. The first-order valence-electron chi connectivity index (χ1n) is 4.99. The molecule has 0 bridgehead atoms. The fourth-order valence-electron chi connectivity index (χ4n) is 0.565. The van der Waals surface area contributed by atoms with Crippen molar-refractivity contribution in [2.45, 2.75) is 47.0 Å². The topological polar surface area (TPSA) is 29.1 Å². The van der Waals surface area contributed by atoms with Gasteiger partial charge in [-0.3, -0.25) is 4.79 Å². The van der Waals surface area contributed by atoms with Crippen LogP contribution in [-0.2, 0) is 4.79 Å². The molecule has 1 N–H and O–H groups in total. The lowest BCUT2D eigenvalue weighted by Gasteiger charge is -2.01. The third kappa shape index (κ3) is 18.3. The summed E-state index contributed by atoms with van der Waals surface area (Å²) >= 11 is 0. The summed E-state index contributed by atoms with van der Waals surface area (Å²) in [4.78, 5) is 10.8. The van der Waals surface area contributed by atoms with Gasteiger partial charge in [0, 0.05) is 13.0 Å². The summed E-state index contributed by atoms with van der Waals surface area (Å²) in [7, 11) is 0. The van der Waals surface area contributed by atoms with Crippen molar-refractivity contribution in [1.29, 1.82) is 0 Å². The highest BCUT2D eigenvalue weighted by Crippen LogP contribution is 1.87. The van der Waals surface area contributed by atoms with E-state index in [1.54, 1.807) is 0 Å². The smallest absolute Gasteiger partial charge is 0.220 e. The van der Waals surface area contributed by atoms with Crippen LogP contribution in [0.25, 0.3) is 0 Å². The maximum atomic E-state index is 10.8. The lowest BCUT2D eigenvalue weighted by atomic mass is 10.3. The van der Waals surface area contributed by atoms with E-state index in [-0.39, 0.29) is 5.91 Å². The molecule has 1 amide bonds. The van der Waals surface area contributed by atoms with Gasteiger partial charge < -0.3 is 5.32 Å². The van der Waals surface area contributed by atoms with Gasteiger partial charge in [-0.1, -0.05) is 39.3 Å². The van der Waals surface area contributed by atoms with E-state index in [1.807, 2.05) is 13.8 Å². The first-order valence-corrected chi connectivity index (χ1v) is 4.99. The van der Waals surface area contributed by atoms with Crippen molar-refractivity contribution in [1.82, 2.24) is 5.32 Å². The second kappa shape index (κ2) is 11.2. The number of nitrogens with one attached hydrogen (secondary N) is 1. The zero-order valence-corrected chi connectivity index (χ0v) is 9.44. The third-order valence-electron chi connectivity index (χ3n) is 1.06. The van der Waals surface area contributed by atoms with Crippen LogP contribution < -0.4 is 5.32 Å². The normalized spacial score (nSPS) is 8.31. The Labute approximate surface area is 82.4 Å². The molecule has 2 nitrogen and oxygen atoms in total. The molecule has 0 fully saturated rings. The average Bonchev–Trinajstić information content (AvgIpc) is 2.03. The molecule has 78 valence electrons. The fourth-order valence-corrected chi connectivity index (χ4v) is 0.565. The molecule has 0 aromatic heterocycles. The highest BCUT2D eigenvalue weighted by Gasteiger charge is 1.95. The highest BCUT2D eigenvalue weighted by molar-refractivity contribution is 5.75. The number of carbonyl (C=O) groups is 1. The van der Waals surface area contributed by atoms with Crippen LogP contribution in [0.2, 0.25) is 0 Å². The van der Waals surface area contributed by atoms with Crippen molar-refractivity contribution in [2.24, 2.45) is 0 Å². The van der Waals surface area contributed by atoms with Crippen LogP contribution in [-0.4, -0.2) is 12.5 Å². The van der Waals surface area contributed by atoms with Crippen molar-refractivity contribution in [2.75, 3.05) is 6.54 Å². The molecule has 0 unspecified atom stereocenters. The third-order valence-corrected chi connectivity index (χ3v) is 1.06. The average molecular weight is 185 g/mol. The Kier molecular flexibility index (Phi) is 12.7. The van der Waals surface area contributed by atoms with Crippen LogP contribution in [0.1, 0.15) is 47.0 Å². The van der Waals surface area contributed by atoms with E-state index in [9.17, 15) is 4.79 Å². The van der Waals surface area contributed by atoms with E-state index < -0.39 is 0 Å². The van der Waals surface area contributed by atoms with E-state index in [0.717, 1.165) is 12.0 Å². The van der Waals surface area contributed by atoms with Crippen LogP contribution in [0.15, 0.2) is 12.2 Å². The summed E-state index contributed by atoms with van der Waals surface area (Å²) in [6.45, 7) is 12.4. The molecule has 0 aromatic rings. The first kappa shape index (κ1) is 14.7. The van der Waals surface area contributed by atoms with Gasteiger partial charge in [-0.15, -0.1) is 0 Å². The molecule has 0 heterocycles. The monoisotopic (exact) mass is 185 g/mol. The Bertz CT molecular complexity index is 141. The summed E-state index contributed by atoms with van der Waals surface area (Å²) < 4.78 is 0. The van der Waals surface area contributed by atoms with Gasteiger partial charge in [0.2, 0.25) is 5.91 Å². The molecule has 0 aliphatic heterocycles. The van der Waals surface area contributed by atoms with Gasteiger partial charge >= 0.3 is 0 Å². The summed E-state index contributed by atoms with van der Waals surface area (Å²) in [5, 5.41) is 2.74. The van der Waals surface area contributed by atoms with Gasteiger partial charge in [0.15, 0.2) is 0 Å². The molecule has 2 heteroatoms. The van der Waals surface area contributed by atoms with Crippen molar-refractivity contribution in [3.63, 3.8) is 0 Å². The minimum Gasteiger partial charge on any atom is -0.352 e. The summed E-state index contributed by atoms with van der Waals surface area (Å²) in [5.41, 5.74) is 0.990. The quantitative estimate of drug-likeness (QED) is 0.670. The van der Waals surface area contributed by atoms with Crippen LogP contribution >= 0.6 is 0 Å². The Hall–Kier alpha value is -0.790. The van der Waals surface area contributed by atoms with E-state index in [4.69, 9.17) is 0 Å². The molecule has 0 atom stereocenters. The Morgan fingerprint density at radius 3 is 2.08 bits per heavy atom. The first-order chi connectivity index (χ1) is 6.08. The number of rotatable bonds is 4. The molecular weight excluding hydrogens is 162 g/mol. The molecule has 0 radical (unpaired) electrons. The largest absolute Gasteiger partial charge is 0.352 e. The summed E-state index contributed by atoms with van der Waals surface area (Å²) in [6, 6.07) is 0. The molecule has 0 aliphatic carbocycles.